The van der Waals surface area contributed by atoms with Crippen LogP contribution in [0.2, 0.25) is 20.1 Å². The minimum Gasteiger partial charge on any atom is -0.493 e. The lowest BCUT2D eigenvalue weighted by molar-refractivity contribution is 0.282. The lowest BCUT2D eigenvalue weighted by Gasteiger charge is -2.17. The van der Waals surface area contributed by atoms with E-state index in [9.17, 15) is 0 Å². The Labute approximate surface area is 184 Å². The molecule has 1 N–H and O–H groups in total. The second kappa shape index (κ2) is 9.62. The maximum atomic E-state index is 6.25. The fourth-order valence-electron chi connectivity index (χ4n) is 2.64. The smallest absolute Gasteiger partial charge is 0.166 e. The van der Waals surface area contributed by atoms with E-state index in [1.54, 1.807) is 37.4 Å². The quantitative estimate of drug-likeness (QED) is 0.399. The van der Waals surface area contributed by atoms with Gasteiger partial charge in [-0.05, 0) is 36.4 Å². The Balaban J connectivity index is 1.81. The van der Waals surface area contributed by atoms with Crippen LogP contribution in [0.3, 0.4) is 0 Å². The van der Waals surface area contributed by atoms with Crippen molar-refractivity contribution in [1.29, 1.82) is 0 Å². The summed E-state index contributed by atoms with van der Waals surface area (Å²) in [6.07, 6.45) is 0. The SMILES string of the molecule is COc1cccc(CNc2cc(Cl)ccc2Cl)c1OCc1ccc(Cl)cc1Cl. The Bertz CT molecular complexity index is 979. The van der Waals surface area contributed by atoms with Gasteiger partial charge in [-0.1, -0.05) is 64.6 Å². The summed E-state index contributed by atoms with van der Waals surface area (Å²) in [6, 6.07) is 16.3. The van der Waals surface area contributed by atoms with E-state index in [4.69, 9.17) is 55.9 Å². The summed E-state index contributed by atoms with van der Waals surface area (Å²) in [5, 5.41) is 5.60. The maximum absolute atomic E-state index is 6.25. The van der Waals surface area contributed by atoms with Crippen molar-refractivity contribution < 1.29 is 9.47 Å². The molecule has 0 heterocycles. The van der Waals surface area contributed by atoms with E-state index >= 15 is 0 Å². The fourth-order valence-corrected chi connectivity index (χ4v) is 3.46. The van der Waals surface area contributed by atoms with Crippen molar-refractivity contribution in [3.8, 4) is 11.5 Å². The summed E-state index contributed by atoms with van der Waals surface area (Å²) in [5.41, 5.74) is 2.47. The normalized spacial score (nSPS) is 10.6. The van der Waals surface area contributed by atoms with Crippen LogP contribution in [0, 0.1) is 0 Å². The number of hydrogen-bond donors (Lipinski definition) is 1. The maximum Gasteiger partial charge on any atom is 0.166 e. The van der Waals surface area contributed by atoms with E-state index in [1.165, 1.54) is 0 Å². The first-order valence-corrected chi connectivity index (χ1v) is 9.90. The van der Waals surface area contributed by atoms with E-state index in [0.29, 0.717) is 38.1 Å². The Kier molecular flexibility index (Phi) is 7.19. The zero-order chi connectivity index (χ0) is 20.1. The van der Waals surface area contributed by atoms with Gasteiger partial charge in [-0.3, -0.25) is 0 Å². The molecule has 0 aliphatic rings. The zero-order valence-corrected chi connectivity index (χ0v) is 18.0. The number of halogens is 4. The van der Waals surface area contributed by atoms with Crippen LogP contribution in [0.4, 0.5) is 5.69 Å². The van der Waals surface area contributed by atoms with Crippen LogP contribution in [-0.4, -0.2) is 7.11 Å². The van der Waals surface area contributed by atoms with Gasteiger partial charge in [0.2, 0.25) is 0 Å². The number of benzene rings is 3. The number of nitrogens with one attached hydrogen (secondary N) is 1. The summed E-state index contributed by atoms with van der Waals surface area (Å²) in [4.78, 5) is 0. The average Bonchev–Trinajstić information content (AvgIpc) is 2.68. The van der Waals surface area contributed by atoms with Gasteiger partial charge in [0.1, 0.15) is 6.61 Å². The molecule has 0 radical (unpaired) electrons. The van der Waals surface area contributed by atoms with Gasteiger partial charge in [-0.25, -0.2) is 0 Å². The van der Waals surface area contributed by atoms with Crippen LogP contribution < -0.4 is 14.8 Å². The molecule has 7 heteroatoms. The molecule has 3 aromatic rings. The standard InChI is InChI=1S/C21H17Cl4NO2/c1-27-20-4-2-3-13(11-26-19-10-16(23)7-8-17(19)24)21(20)28-12-14-5-6-15(22)9-18(14)25/h2-10,26H,11-12H2,1H3. The van der Waals surface area contributed by atoms with Crippen LogP contribution in [0.15, 0.2) is 54.6 Å². The first-order chi connectivity index (χ1) is 13.5. The molecule has 0 amide bonds. The molecule has 3 aromatic carbocycles. The molecule has 0 spiro atoms. The molecule has 0 fully saturated rings. The summed E-state index contributed by atoms with van der Waals surface area (Å²) in [7, 11) is 1.60. The predicted octanol–water partition coefficient (Wildman–Crippen LogP) is 7.50. The van der Waals surface area contributed by atoms with E-state index < -0.39 is 0 Å². The first-order valence-electron chi connectivity index (χ1n) is 8.39. The molecule has 0 aromatic heterocycles. The van der Waals surface area contributed by atoms with Gasteiger partial charge in [0.25, 0.3) is 0 Å². The minimum atomic E-state index is 0.279. The van der Waals surface area contributed by atoms with E-state index in [2.05, 4.69) is 5.32 Å². The zero-order valence-electron chi connectivity index (χ0n) is 14.9. The van der Waals surface area contributed by atoms with Gasteiger partial charge in [-0.2, -0.15) is 0 Å². The topological polar surface area (TPSA) is 30.5 Å². The number of hydrogen-bond acceptors (Lipinski definition) is 3. The van der Waals surface area contributed by atoms with Crippen LogP contribution in [0.5, 0.6) is 11.5 Å². The summed E-state index contributed by atoms with van der Waals surface area (Å²) in [6.45, 7) is 0.752. The monoisotopic (exact) mass is 455 g/mol. The van der Waals surface area contributed by atoms with Gasteiger partial charge in [0.15, 0.2) is 11.5 Å². The van der Waals surface area contributed by atoms with Gasteiger partial charge in [0, 0.05) is 32.7 Å². The molecule has 0 unspecified atom stereocenters. The number of ether oxygens (including phenoxy) is 2. The Morgan fingerprint density at radius 2 is 1.57 bits per heavy atom. The summed E-state index contributed by atoms with van der Waals surface area (Å²) >= 11 is 24.5. The van der Waals surface area contributed by atoms with Crippen molar-refractivity contribution in [2.24, 2.45) is 0 Å². The lowest BCUT2D eigenvalue weighted by Crippen LogP contribution is -2.06. The molecule has 0 saturated carbocycles. The van der Waals surface area contributed by atoms with Crippen molar-refractivity contribution in [2.75, 3.05) is 12.4 Å². The predicted molar refractivity (Wildman–Crippen MR) is 118 cm³/mol. The number of methoxy groups -OCH3 is 1. The molecular formula is C21H17Cl4NO2. The average molecular weight is 457 g/mol. The Morgan fingerprint density at radius 1 is 0.821 bits per heavy atom. The second-order valence-corrected chi connectivity index (χ2v) is 7.64. The van der Waals surface area contributed by atoms with Gasteiger partial charge >= 0.3 is 0 Å². The van der Waals surface area contributed by atoms with Crippen molar-refractivity contribution in [3.63, 3.8) is 0 Å². The highest BCUT2D eigenvalue weighted by Crippen LogP contribution is 2.34. The molecular weight excluding hydrogens is 440 g/mol. The van der Waals surface area contributed by atoms with Crippen LogP contribution in [0.25, 0.3) is 0 Å². The molecule has 0 bridgehead atoms. The molecule has 28 heavy (non-hydrogen) atoms. The van der Waals surface area contributed by atoms with Crippen molar-refractivity contribution in [2.45, 2.75) is 13.2 Å². The van der Waals surface area contributed by atoms with Crippen molar-refractivity contribution in [1.82, 2.24) is 0 Å². The number of para-hydroxylation sites is 1. The van der Waals surface area contributed by atoms with E-state index in [-0.39, 0.29) is 6.61 Å². The highest BCUT2D eigenvalue weighted by atomic mass is 35.5. The van der Waals surface area contributed by atoms with Gasteiger partial charge < -0.3 is 14.8 Å². The van der Waals surface area contributed by atoms with Gasteiger partial charge in [-0.15, -0.1) is 0 Å². The highest BCUT2D eigenvalue weighted by Gasteiger charge is 2.13. The van der Waals surface area contributed by atoms with Gasteiger partial charge in [0.05, 0.1) is 17.8 Å². The summed E-state index contributed by atoms with van der Waals surface area (Å²) in [5.74, 6) is 1.25. The van der Waals surface area contributed by atoms with E-state index in [0.717, 1.165) is 16.8 Å². The third kappa shape index (κ3) is 5.18. The molecule has 0 atom stereocenters. The molecule has 0 aliphatic carbocycles. The third-order valence-corrected chi connectivity index (χ3v) is 5.22. The fraction of sp³-hybridized carbons (Fsp3) is 0.143. The minimum absolute atomic E-state index is 0.279. The molecule has 146 valence electrons. The number of anilines is 1. The number of rotatable bonds is 7. The summed E-state index contributed by atoms with van der Waals surface area (Å²) < 4.78 is 11.5. The van der Waals surface area contributed by atoms with Crippen LogP contribution >= 0.6 is 46.4 Å². The molecule has 0 saturated heterocycles. The largest absolute Gasteiger partial charge is 0.493 e. The lowest BCUT2D eigenvalue weighted by atomic mass is 10.1. The molecule has 3 rings (SSSR count). The molecule has 3 nitrogen and oxygen atoms in total. The van der Waals surface area contributed by atoms with Crippen LogP contribution in [0.1, 0.15) is 11.1 Å². The van der Waals surface area contributed by atoms with Crippen LogP contribution in [-0.2, 0) is 13.2 Å². The third-order valence-electron chi connectivity index (χ3n) is 4.07. The first kappa shape index (κ1) is 20.9. The molecule has 0 aliphatic heterocycles. The Morgan fingerprint density at radius 3 is 2.32 bits per heavy atom. The van der Waals surface area contributed by atoms with Crippen molar-refractivity contribution in [3.05, 3.63) is 85.8 Å². The Hall–Kier alpha value is -1.78. The van der Waals surface area contributed by atoms with E-state index in [1.807, 2.05) is 24.3 Å². The van der Waals surface area contributed by atoms with Crippen molar-refractivity contribution >= 4 is 52.1 Å². The second-order valence-electron chi connectivity index (χ2n) is 5.95. The highest BCUT2D eigenvalue weighted by molar-refractivity contribution is 6.35.